The summed E-state index contributed by atoms with van der Waals surface area (Å²) in [6.07, 6.45) is 2.21. The minimum atomic E-state index is 0.543. The summed E-state index contributed by atoms with van der Waals surface area (Å²) in [6, 6.07) is 3.70. The summed E-state index contributed by atoms with van der Waals surface area (Å²) in [5.41, 5.74) is 1.94. The van der Waals surface area contributed by atoms with Gasteiger partial charge in [0.25, 0.3) is 0 Å². The third kappa shape index (κ3) is 2.68. The number of benzene rings is 1. The highest BCUT2D eigenvalue weighted by molar-refractivity contribution is 7.71. The van der Waals surface area contributed by atoms with Gasteiger partial charge >= 0.3 is 0 Å². The highest BCUT2D eigenvalue weighted by Crippen LogP contribution is 2.28. The Labute approximate surface area is 126 Å². The van der Waals surface area contributed by atoms with E-state index in [1.165, 1.54) is 0 Å². The number of H-pyrrole nitrogens is 1. The molecule has 1 N–H and O–H groups in total. The topological polar surface area (TPSA) is 29.9 Å². The van der Waals surface area contributed by atoms with Crippen LogP contribution in [0.3, 0.4) is 0 Å². The minimum absolute atomic E-state index is 0.543. The molecule has 3 rings (SSSR count). The van der Waals surface area contributed by atoms with Crippen LogP contribution in [0.5, 0.6) is 0 Å². The molecule has 0 radical (unpaired) electrons. The van der Waals surface area contributed by atoms with Crippen LogP contribution in [0.4, 0.5) is 0 Å². The van der Waals surface area contributed by atoms with E-state index < -0.39 is 0 Å². The zero-order chi connectivity index (χ0) is 13.4. The van der Waals surface area contributed by atoms with Gasteiger partial charge in [0, 0.05) is 19.8 Å². The molecule has 0 bridgehead atoms. The SMILES string of the molecule is S=c1[nH]c2cc(Cl)c(Cl)cc2n1CCC1CCOC1. The number of aromatic nitrogens is 2. The molecular weight excluding hydrogens is 303 g/mol. The van der Waals surface area contributed by atoms with E-state index in [9.17, 15) is 0 Å². The first kappa shape index (κ1) is 13.4. The summed E-state index contributed by atoms with van der Waals surface area (Å²) in [7, 11) is 0. The third-order valence-corrected chi connectivity index (χ3v) is 4.65. The lowest BCUT2D eigenvalue weighted by atomic mass is 10.1. The molecule has 0 amide bonds. The predicted molar refractivity (Wildman–Crippen MR) is 80.7 cm³/mol. The molecule has 1 aliphatic heterocycles. The van der Waals surface area contributed by atoms with Crippen LogP contribution in [0, 0.1) is 10.7 Å². The number of aromatic amines is 1. The third-order valence-electron chi connectivity index (χ3n) is 3.60. The van der Waals surface area contributed by atoms with Gasteiger partial charge in [-0.2, -0.15) is 0 Å². The summed E-state index contributed by atoms with van der Waals surface area (Å²) in [5, 5.41) is 1.10. The lowest BCUT2D eigenvalue weighted by molar-refractivity contribution is 0.183. The number of aryl methyl sites for hydroxylation is 1. The van der Waals surface area contributed by atoms with Gasteiger partial charge in [0.1, 0.15) is 0 Å². The van der Waals surface area contributed by atoms with Crippen molar-refractivity contribution < 1.29 is 4.74 Å². The average molecular weight is 317 g/mol. The fraction of sp³-hybridized carbons (Fsp3) is 0.462. The summed E-state index contributed by atoms with van der Waals surface area (Å²) in [6.45, 7) is 2.62. The zero-order valence-corrected chi connectivity index (χ0v) is 12.6. The van der Waals surface area contributed by atoms with Crippen molar-refractivity contribution in [2.45, 2.75) is 19.4 Å². The lowest BCUT2D eigenvalue weighted by Gasteiger charge is -2.09. The van der Waals surface area contributed by atoms with Gasteiger partial charge in [-0.25, -0.2) is 0 Å². The first-order chi connectivity index (χ1) is 9.15. The van der Waals surface area contributed by atoms with Gasteiger partial charge in [0.2, 0.25) is 0 Å². The highest BCUT2D eigenvalue weighted by atomic mass is 35.5. The molecule has 1 aliphatic rings. The number of hydrogen-bond donors (Lipinski definition) is 1. The monoisotopic (exact) mass is 316 g/mol. The van der Waals surface area contributed by atoms with Gasteiger partial charge in [0.05, 0.1) is 21.1 Å². The second kappa shape index (κ2) is 5.44. The number of imidazole rings is 1. The predicted octanol–water partition coefficient (Wildman–Crippen LogP) is 4.43. The minimum Gasteiger partial charge on any atom is -0.381 e. The summed E-state index contributed by atoms with van der Waals surface area (Å²) in [4.78, 5) is 3.17. The zero-order valence-electron chi connectivity index (χ0n) is 10.3. The standard InChI is InChI=1S/C13H14Cl2N2OS/c14-9-5-11-12(6-10(9)15)17(13(19)16-11)3-1-8-2-4-18-7-8/h5-6,8H,1-4,7H2,(H,16,19). The van der Waals surface area contributed by atoms with Crippen LogP contribution >= 0.6 is 35.4 Å². The van der Waals surface area contributed by atoms with E-state index in [4.69, 9.17) is 40.2 Å². The second-order valence-corrected chi connectivity index (χ2v) is 6.08. The molecule has 0 spiro atoms. The largest absolute Gasteiger partial charge is 0.381 e. The van der Waals surface area contributed by atoms with E-state index in [2.05, 4.69) is 9.55 Å². The Balaban J connectivity index is 1.91. The number of rotatable bonds is 3. The maximum atomic E-state index is 6.08. The Morgan fingerprint density at radius 2 is 2.16 bits per heavy atom. The number of nitrogens with one attached hydrogen (secondary N) is 1. The average Bonchev–Trinajstić information content (AvgIpc) is 2.96. The molecule has 1 aromatic carbocycles. The first-order valence-electron chi connectivity index (χ1n) is 6.30. The number of fused-ring (bicyclic) bond motifs is 1. The van der Waals surface area contributed by atoms with Crippen LogP contribution in [0.25, 0.3) is 11.0 Å². The van der Waals surface area contributed by atoms with Gasteiger partial charge in [-0.1, -0.05) is 23.2 Å². The number of nitrogens with zero attached hydrogens (tertiary/aromatic N) is 1. The summed E-state index contributed by atoms with van der Waals surface area (Å²) < 4.78 is 8.20. The van der Waals surface area contributed by atoms with Crippen LogP contribution in [0.2, 0.25) is 10.0 Å². The van der Waals surface area contributed by atoms with Crippen LogP contribution < -0.4 is 0 Å². The van der Waals surface area contributed by atoms with Crippen molar-refractivity contribution in [3.8, 4) is 0 Å². The quantitative estimate of drug-likeness (QED) is 0.849. The molecule has 0 aliphatic carbocycles. The van der Waals surface area contributed by atoms with E-state index in [0.29, 0.717) is 20.7 Å². The molecule has 1 unspecified atom stereocenters. The molecule has 102 valence electrons. The van der Waals surface area contributed by atoms with Crippen molar-refractivity contribution in [3.05, 3.63) is 26.9 Å². The van der Waals surface area contributed by atoms with Crippen LogP contribution in [0.1, 0.15) is 12.8 Å². The molecule has 3 nitrogen and oxygen atoms in total. The molecule has 1 aromatic heterocycles. The Kier molecular flexibility index (Phi) is 3.85. The van der Waals surface area contributed by atoms with Crippen molar-refractivity contribution in [1.82, 2.24) is 9.55 Å². The Hall–Kier alpha value is -0.550. The molecule has 2 aromatic rings. The van der Waals surface area contributed by atoms with Gasteiger partial charge < -0.3 is 14.3 Å². The van der Waals surface area contributed by atoms with Crippen molar-refractivity contribution >= 4 is 46.5 Å². The first-order valence-corrected chi connectivity index (χ1v) is 7.47. The van der Waals surface area contributed by atoms with Gasteiger partial charge in [0.15, 0.2) is 4.77 Å². The van der Waals surface area contributed by atoms with Crippen LogP contribution in [-0.2, 0) is 11.3 Å². The number of halogens is 2. The van der Waals surface area contributed by atoms with Crippen molar-refractivity contribution in [3.63, 3.8) is 0 Å². The molecule has 6 heteroatoms. The number of ether oxygens (including phenoxy) is 1. The van der Waals surface area contributed by atoms with Crippen LogP contribution in [-0.4, -0.2) is 22.8 Å². The molecule has 1 fully saturated rings. The highest BCUT2D eigenvalue weighted by Gasteiger charge is 2.16. The van der Waals surface area contributed by atoms with Gasteiger partial charge in [-0.05, 0) is 43.1 Å². The molecule has 1 atom stereocenters. The van der Waals surface area contributed by atoms with Crippen molar-refractivity contribution in [2.24, 2.45) is 5.92 Å². The Bertz CT molecular complexity index is 658. The molecule has 0 saturated carbocycles. The lowest BCUT2D eigenvalue weighted by Crippen LogP contribution is -2.06. The van der Waals surface area contributed by atoms with E-state index in [1.54, 1.807) is 0 Å². The molecule has 2 heterocycles. The van der Waals surface area contributed by atoms with E-state index in [1.807, 2.05) is 12.1 Å². The van der Waals surface area contributed by atoms with E-state index in [-0.39, 0.29) is 0 Å². The maximum absolute atomic E-state index is 6.08. The summed E-state index contributed by atoms with van der Waals surface area (Å²) >= 11 is 17.5. The fourth-order valence-corrected chi connectivity index (χ4v) is 3.12. The van der Waals surface area contributed by atoms with Crippen molar-refractivity contribution in [1.29, 1.82) is 0 Å². The second-order valence-electron chi connectivity index (χ2n) is 4.88. The smallest absolute Gasteiger partial charge is 0.178 e. The number of hydrogen-bond acceptors (Lipinski definition) is 2. The maximum Gasteiger partial charge on any atom is 0.178 e. The van der Waals surface area contributed by atoms with E-state index >= 15 is 0 Å². The molecular formula is C13H14Cl2N2OS. The Morgan fingerprint density at radius 3 is 2.89 bits per heavy atom. The molecule has 1 saturated heterocycles. The normalized spacial score (nSPS) is 19.4. The van der Waals surface area contributed by atoms with Gasteiger partial charge in [-0.15, -0.1) is 0 Å². The van der Waals surface area contributed by atoms with E-state index in [0.717, 1.165) is 43.6 Å². The fourth-order valence-electron chi connectivity index (χ4n) is 2.50. The van der Waals surface area contributed by atoms with Crippen molar-refractivity contribution in [2.75, 3.05) is 13.2 Å². The molecule has 19 heavy (non-hydrogen) atoms. The summed E-state index contributed by atoms with van der Waals surface area (Å²) in [5.74, 6) is 0.634. The Morgan fingerprint density at radius 1 is 1.37 bits per heavy atom. The van der Waals surface area contributed by atoms with Crippen LogP contribution in [0.15, 0.2) is 12.1 Å². The van der Waals surface area contributed by atoms with Gasteiger partial charge in [-0.3, -0.25) is 0 Å².